The van der Waals surface area contributed by atoms with Crippen LogP contribution < -0.4 is 11.1 Å². The van der Waals surface area contributed by atoms with E-state index in [9.17, 15) is 17.6 Å². The Bertz CT molecular complexity index is 416. The van der Waals surface area contributed by atoms with E-state index in [0.29, 0.717) is 6.54 Å². The third-order valence-corrected chi connectivity index (χ3v) is 3.00. The highest BCUT2D eigenvalue weighted by Gasteiger charge is 2.34. The zero-order chi connectivity index (χ0) is 14.6. The van der Waals surface area contributed by atoms with Crippen LogP contribution >= 0.6 is 0 Å². The molecule has 2 nitrogen and oxygen atoms in total. The maximum Gasteiger partial charge on any atom is 0.419 e. The average Bonchev–Trinajstić information content (AvgIpc) is 2.29. The summed E-state index contributed by atoms with van der Waals surface area (Å²) in [6.45, 7) is 4.24. The number of halogens is 4. The van der Waals surface area contributed by atoms with E-state index >= 15 is 0 Å². The van der Waals surface area contributed by atoms with Gasteiger partial charge in [0, 0.05) is 24.7 Å². The summed E-state index contributed by atoms with van der Waals surface area (Å²) in [5.74, 6) is -0.999. The predicted octanol–water partition coefficient (Wildman–Crippen LogP) is 2.92. The second kappa shape index (κ2) is 6.34. The zero-order valence-corrected chi connectivity index (χ0v) is 10.9. The normalized spacial score (nSPS) is 13.9. The molecular weight excluding hydrogens is 260 g/mol. The van der Waals surface area contributed by atoms with Gasteiger partial charge >= 0.3 is 6.18 Å². The molecule has 6 heteroatoms. The van der Waals surface area contributed by atoms with Crippen molar-refractivity contribution < 1.29 is 17.6 Å². The number of alkyl halides is 3. The number of hydrogen-bond donors (Lipinski definition) is 2. The molecule has 1 rings (SSSR count). The summed E-state index contributed by atoms with van der Waals surface area (Å²) in [4.78, 5) is 0. The van der Waals surface area contributed by atoms with Crippen molar-refractivity contribution >= 4 is 0 Å². The molecule has 0 fully saturated rings. The second-order valence-electron chi connectivity index (χ2n) is 4.74. The van der Waals surface area contributed by atoms with Crippen LogP contribution in [0.1, 0.15) is 25.0 Å². The summed E-state index contributed by atoms with van der Waals surface area (Å²) in [6, 6.07) is 3.22. The van der Waals surface area contributed by atoms with Crippen molar-refractivity contribution in [3.63, 3.8) is 0 Å². The second-order valence-corrected chi connectivity index (χ2v) is 4.74. The van der Waals surface area contributed by atoms with Gasteiger partial charge in [0.2, 0.25) is 0 Å². The first-order chi connectivity index (χ1) is 8.77. The highest BCUT2D eigenvalue weighted by molar-refractivity contribution is 5.28. The smallest absolute Gasteiger partial charge is 0.329 e. The molecule has 108 valence electrons. The molecule has 19 heavy (non-hydrogen) atoms. The molecule has 0 bridgehead atoms. The van der Waals surface area contributed by atoms with Gasteiger partial charge in [-0.2, -0.15) is 13.2 Å². The van der Waals surface area contributed by atoms with Crippen molar-refractivity contribution in [2.24, 2.45) is 11.7 Å². The van der Waals surface area contributed by atoms with Gasteiger partial charge in [-0.25, -0.2) is 4.39 Å². The lowest BCUT2D eigenvalue weighted by atomic mass is 10.0. The Morgan fingerprint density at radius 3 is 2.37 bits per heavy atom. The summed E-state index contributed by atoms with van der Waals surface area (Å²) < 4.78 is 51.4. The standard InChI is InChI=1S/C13H18F4N2/c1-8(2)11(6-18)19-7-9-4-3-5-10(12(9)14)13(15,16)17/h3-5,8,11,19H,6-7,18H2,1-2H3. The van der Waals surface area contributed by atoms with Crippen LogP contribution in [0.3, 0.4) is 0 Å². The highest BCUT2D eigenvalue weighted by atomic mass is 19.4. The van der Waals surface area contributed by atoms with Crippen LogP contribution in [0.2, 0.25) is 0 Å². The molecule has 0 aliphatic heterocycles. The van der Waals surface area contributed by atoms with Gasteiger partial charge in [-0.15, -0.1) is 0 Å². The van der Waals surface area contributed by atoms with E-state index in [0.717, 1.165) is 6.07 Å². The largest absolute Gasteiger partial charge is 0.419 e. The molecule has 1 unspecified atom stereocenters. The Kier molecular flexibility index (Phi) is 5.31. The number of rotatable bonds is 5. The zero-order valence-electron chi connectivity index (χ0n) is 10.9. The predicted molar refractivity (Wildman–Crippen MR) is 65.9 cm³/mol. The van der Waals surface area contributed by atoms with E-state index in [-0.39, 0.29) is 24.1 Å². The van der Waals surface area contributed by atoms with Gasteiger partial charge < -0.3 is 11.1 Å². The van der Waals surface area contributed by atoms with Crippen LogP contribution in [0.25, 0.3) is 0 Å². The highest BCUT2D eigenvalue weighted by Crippen LogP contribution is 2.32. The monoisotopic (exact) mass is 278 g/mol. The Morgan fingerprint density at radius 1 is 1.26 bits per heavy atom. The summed E-state index contributed by atoms with van der Waals surface area (Å²) in [5, 5.41) is 2.97. The van der Waals surface area contributed by atoms with Crippen LogP contribution in [-0.4, -0.2) is 12.6 Å². The third kappa shape index (κ3) is 4.18. The van der Waals surface area contributed by atoms with Crippen molar-refractivity contribution in [1.82, 2.24) is 5.32 Å². The summed E-state index contributed by atoms with van der Waals surface area (Å²) in [7, 11) is 0. The van der Waals surface area contributed by atoms with Crippen LogP contribution in [-0.2, 0) is 12.7 Å². The van der Waals surface area contributed by atoms with E-state index < -0.39 is 17.6 Å². The number of hydrogen-bond acceptors (Lipinski definition) is 2. The van der Waals surface area contributed by atoms with Crippen molar-refractivity contribution in [2.45, 2.75) is 32.6 Å². The van der Waals surface area contributed by atoms with E-state index in [1.165, 1.54) is 12.1 Å². The molecule has 1 atom stereocenters. The molecule has 0 saturated carbocycles. The lowest BCUT2D eigenvalue weighted by molar-refractivity contribution is -0.140. The van der Waals surface area contributed by atoms with Crippen molar-refractivity contribution in [3.05, 3.63) is 35.1 Å². The molecule has 0 spiro atoms. The molecule has 0 saturated heterocycles. The minimum atomic E-state index is -4.68. The van der Waals surface area contributed by atoms with Crippen molar-refractivity contribution in [1.29, 1.82) is 0 Å². The Morgan fingerprint density at radius 2 is 1.89 bits per heavy atom. The van der Waals surface area contributed by atoms with Gasteiger partial charge in [0.05, 0.1) is 5.56 Å². The molecule has 1 aromatic carbocycles. The van der Waals surface area contributed by atoms with Crippen LogP contribution in [0.5, 0.6) is 0 Å². The lowest BCUT2D eigenvalue weighted by Crippen LogP contribution is -2.39. The van der Waals surface area contributed by atoms with Gasteiger partial charge in [-0.1, -0.05) is 26.0 Å². The fraction of sp³-hybridized carbons (Fsp3) is 0.538. The Hall–Kier alpha value is -1.14. The molecule has 0 aromatic heterocycles. The molecule has 1 aromatic rings. The SMILES string of the molecule is CC(C)C(CN)NCc1cccc(C(F)(F)F)c1F. The molecule has 0 aliphatic carbocycles. The van der Waals surface area contributed by atoms with E-state index in [1.54, 1.807) is 0 Å². The van der Waals surface area contributed by atoms with Gasteiger partial charge in [0.1, 0.15) is 5.82 Å². The lowest BCUT2D eigenvalue weighted by Gasteiger charge is -2.21. The quantitative estimate of drug-likeness (QED) is 0.813. The van der Waals surface area contributed by atoms with Gasteiger partial charge in [-0.3, -0.25) is 0 Å². The number of benzene rings is 1. The maximum atomic E-state index is 13.7. The number of nitrogens with two attached hydrogens (primary N) is 1. The molecule has 0 heterocycles. The molecular formula is C13H18F4N2. The average molecular weight is 278 g/mol. The first-order valence-electron chi connectivity index (χ1n) is 6.05. The van der Waals surface area contributed by atoms with Crippen LogP contribution in [0, 0.1) is 11.7 Å². The van der Waals surface area contributed by atoms with Crippen molar-refractivity contribution in [2.75, 3.05) is 6.54 Å². The third-order valence-electron chi connectivity index (χ3n) is 3.00. The minimum Gasteiger partial charge on any atom is -0.329 e. The summed E-state index contributed by atoms with van der Waals surface area (Å²) >= 11 is 0. The van der Waals surface area contributed by atoms with Crippen LogP contribution in [0.4, 0.5) is 17.6 Å². The van der Waals surface area contributed by atoms with Crippen molar-refractivity contribution in [3.8, 4) is 0 Å². The summed E-state index contributed by atoms with van der Waals surface area (Å²) in [6.07, 6.45) is -4.68. The minimum absolute atomic E-state index is 0.00562. The molecule has 0 aliphatic rings. The Balaban J connectivity index is 2.86. The van der Waals surface area contributed by atoms with Crippen LogP contribution in [0.15, 0.2) is 18.2 Å². The molecule has 3 N–H and O–H groups in total. The van der Waals surface area contributed by atoms with Gasteiger partial charge in [-0.05, 0) is 12.0 Å². The first-order valence-corrected chi connectivity index (χ1v) is 6.05. The fourth-order valence-electron chi connectivity index (χ4n) is 1.77. The van der Waals surface area contributed by atoms with E-state index in [4.69, 9.17) is 5.73 Å². The van der Waals surface area contributed by atoms with Gasteiger partial charge in [0.15, 0.2) is 0 Å². The first kappa shape index (κ1) is 15.9. The van der Waals surface area contributed by atoms with E-state index in [2.05, 4.69) is 5.32 Å². The summed E-state index contributed by atoms with van der Waals surface area (Å²) in [5.41, 5.74) is 4.30. The maximum absolute atomic E-state index is 13.7. The van der Waals surface area contributed by atoms with Gasteiger partial charge in [0.25, 0.3) is 0 Å². The fourth-order valence-corrected chi connectivity index (χ4v) is 1.77. The number of nitrogens with one attached hydrogen (secondary N) is 1. The Labute approximate surface area is 110 Å². The topological polar surface area (TPSA) is 38.0 Å². The van der Waals surface area contributed by atoms with E-state index in [1.807, 2.05) is 13.8 Å². The molecule has 0 amide bonds. The molecule has 0 radical (unpaired) electrons.